The van der Waals surface area contributed by atoms with Crippen LogP contribution in [0.4, 0.5) is 0 Å². The Hall–Kier alpha value is -8.18. The number of amidine groups is 1. The summed E-state index contributed by atoms with van der Waals surface area (Å²) in [5.74, 6) is 0.199. The molecule has 10 aromatic carbocycles. The maximum atomic E-state index is 9.50. The van der Waals surface area contributed by atoms with Gasteiger partial charge in [-0.1, -0.05) is 182 Å². The predicted octanol–water partition coefficient (Wildman–Crippen LogP) is 16.8. The predicted molar refractivity (Wildman–Crippen MR) is 273 cm³/mol. The van der Waals surface area contributed by atoms with Crippen molar-refractivity contribution in [1.82, 2.24) is 0 Å². The number of aliphatic imine (C=N–C) groups is 1. The lowest BCUT2D eigenvalue weighted by molar-refractivity contribution is 0.669. The van der Waals surface area contributed by atoms with Gasteiger partial charge in [0.05, 0.1) is 5.71 Å². The van der Waals surface area contributed by atoms with Gasteiger partial charge in [-0.25, -0.2) is 4.99 Å². The van der Waals surface area contributed by atoms with E-state index >= 15 is 0 Å². The summed E-state index contributed by atoms with van der Waals surface area (Å²) in [7, 11) is 0. The molecule has 0 radical (unpaired) electrons. The van der Waals surface area contributed by atoms with E-state index in [2.05, 4.69) is 176 Å². The SMILES string of the molecule is N=C(N=C(/C=C/c1ccc(-c2ccc3ccccc3c2)cc1)c1ccccc1)c1cccc2c(-c3cccc4oc5ccc(-c6ccc7c(c6)sc6ccccc67)cc5c34)cccc12. The first-order valence-electron chi connectivity index (χ1n) is 21.5. The molecule has 0 amide bonds. The van der Waals surface area contributed by atoms with Crippen LogP contribution in [-0.2, 0) is 0 Å². The monoisotopic (exact) mass is 834 g/mol. The van der Waals surface area contributed by atoms with Gasteiger partial charge in [0.15, 0.2) is 5.84 Å². The maximum absolute atomic E-state index is 9.50. The zero-order chi connectivity index (χ0) is 42.6. The molecule has 64 heavy (non-hydrogen) atoms. The Balaban J connectivity index is 0.899. The van der Waals surface area contributed by atoms with Gasteiger partial charge in [-0.3, -0.25) is 5.41 Å². The minimum absolute atomic E-state index is 0.199. The van der Waals surface area contributed by atoms with E-state index in [4.69, 9.17) is 9.41 Å². The molecular formula is C60H38N2OS. The van der Waals surface area contributed by atoms with E-state index in [0.717, 1.165) is 66.1 Å². The molecule has 0 saturated carbocycles. The van der Waals surface area contributed by atoms with Gasteiger partial charge >= 0.3 is 0 Å². The maximum Gasteiger partial charge on any atom is 0.153 e. The molecule has 0 aliphatic carbocycles. The molecule has 2 aromatic heterocycles. The number of nitrogens with one attached hydrogen (secondary N) is 1. The van der Waals surface area contributed by atoms with Crippen LogP contribution in [0.25, 0.3) is 103 Å². The second-order valence-corrected chi connectivity index (χ2v) is 17.3. The molecule has 0 atom stereocenters. The van der Waals surface area contributed by atoms with Crippen LogP contribution in [0.15, 0.2) is 228 Å². The summed E-state index contributed by atoms with van der Waals surface area (Å²) < 4.78 is 9.10. The third-order valence-electron chi connectivity index (χ3n) is 12.4. The van der Waals surface area contributed by atoms with E-state index in [9.17, 15) is 5.41 Å². The molecule has 0 fully saturated rings. The fraction of sp³-hybridized carbons (Fsp3) is 0. The molecule has 12 rings (SSSR count). The average Bonchev–Trinajstić information content (AvgIpc) is 3.93. The number of hydrogen-bond acceptors (Lipinski definition) is 3. The Morgan fingerprint density at radius 1 is 0.453 bits per heavy atom. The number of nitrogens with zero attached hydrogens (tertiary/aromatic N) is 1. The summed E-state index contributed by atoms with van der Waals surface area (Å²) in [5, 5.41) is 18.7. The van der Waals surface area contributed by atoms with Crippen molar-refractivity contribution in [3.8, 4) is 33.4 Å². The van der Waals surface area contributed by atoms with E-state index in [-0.39, 0.29) is 5.84 Å². The number of hydrogen-bond donors (Lipinski definition) is 1. The van der Waals surface area contributed by atoms with Crippen LogP contribution >= 0.6 is 11.3 Å². The second kappa shape index (κ2) is 15.6. The minimum atomic E-state index is 0.199. The van der Waals surface area contributed by atoms with Gasteiger partial charge in [-0.05, 0) is 103 Å². The molecule has 0 unspecified atom stereocenters. The lowest BCUT2D eigenvalue weighted by atomic mass is 9.92. The summed E-state index contributed by atoms with van der Waals surface area (Å²) in [6, 6.07) is 74.6. The van der Waals surface area contributed by atoms with E-state index in [0.29, 0.717) is 5.71 Å². The molecule has 3 nitrogen and oxygen atoms in total. The van der Waals surface area contributed by atoms with Crippen molar-refractivity contribution in [3.05, 3.63) is 235 Å². The quantitative estimate of drug-likeness (QED) is 0.126. The number of thiophene rings is 1. The highest BCUT2D eigenvalue weighted by Gasteiger charge is 2.17. The molecule has 0 saturated heterocycles. The van der Waals surface area contributed by atoms with E-state index in [1.54, 1.807) is 0 Å². The van der Waals surface area contributed by atoms with Crippen molar-refractivity contribution in [3.63, 3.8) is 0 Å². The van der Waals surface area contributed by atoms with Crippen molar-refractivity contribution >= 4 is 92.6 Å². The van der Waals surface area contributed by atoms with Gasteiger partial charge in [0.2, 0.25) is 0 Å². The molecule has 4 heteroatoms. The molecule has 300 valence electrons. The Kier molecular flexibility index (Phi) is 9.17. The van der Waals surface area contributed by atoms with E-state index in [1.165, 1.54) is 47.6 Å². The first-order chi connectivity index (χ1) is 31.6. The molecule has 12 aromatic rings. The first-order valence-corrected chi connectivity index (χ1v) is 22.3. The fourth-order valence-electron chi connectivity index (χ4n) is 9.21. The summed E-state index contributed by atoms with van der Waals surface area (Å²) >= 11 is 1.84. The van der Waals surface area contributed by atoms with Crippen LogP contribution in [0, 0.1) is 5.41 Å². The Morgan fingerprint density at radius 2 is 1.12 bits per heavy atom. The Labute approximate surface area is 374 Å². The average molecular weight is 835 g/mol. The van der Waals surface area contributed by atoms with Crippen LogP contribution in [0.1, 0.15) is 16.7 Å². The Bertz CT molecular complexity index is 3850. The summed E-state index contributed by atoms with van der Waals surface area (Å²) in [6.45, 7) is 0. The standard InChI is InChI=1S/C60H38N2OS/c61-60(62-54(41-12-2-1-3-13-41)33-25-38-23-26-40(27-24-38)43-29-28-39-11-4-5-14-42(39)35-43)52-20-9-16-46-47(17-8-18-48(46)52)51-19-10-21-56-59(51)53-36-44(31-34-55(53)63-56)45-30-32-50-49-15-6-7-22-57(49)64-58(50)37-45/h1-37,61H/b33-25+,61-60?,62-54?. The highest BCUT2D eigenvalue weighted by molar-refractivity contribution is 7.25. The lowest BCUT2D eigenvalue weighted by Gasteiger charge is -2.12. The number of furan rings is 1. The smallest absolute Gasteiger partial charge is 0.153 e. The van der Waals surface area contributed by atoms with Crippen LogP contribution in [0.5, 0.6) is 0 Å². The second-order valence-electron chi connectivity index (χ2n) is 16.2. The summed E-state index contributed by atoms with van der Waals surface area (Å²) in [4.78, 5) is 5.03. The molecule has 0 aliphatic heterocycles. The van der Waals surface area contributed by atoms with Crippen molar-refractivity contribution in [2.45, 2.75) is 0 Å². The van der Waals surface area contributed by atoms with Crippen molar-refractivity contribution in [2.24, 2.45) is 4.99 Å². The summed E-state index contributed by atoms with van der Waals surface area (Å²) in [5.41, 5.74) is 12.0. The minimum Gasteiger partial charge on any atom is -0.456 e. The van der Waals surface area contributed by atoms with Gasteiger partial charge in [0.25, 0.3) is 0 Å². The molecule has 2 heterocycles. The number of rotatable bonds is 7. The third-order valence-corrected chi connectivity index (χ3v) is 13.5. The topological polar surface area (TPSA) is 49.4 Å². The first kappa shape index (κ1) is 37.6. The van der Waals surface area contributed by atoms with Crippen molar-refractivity contribution in [2.75, 3.05) is 0 Å². The van der Waals surface area contributed by atoms with E-state index < -0.39 is 0 Å². The lowest BCUT2D eigenvalue weighted by Crippen LogP contribution is -2.04. The molecule has 0 aliphatic rings. The van der Waals surface area contributed by atoms with Gasteiger partial charge in [-0.15, -0.1) is 11.3 Å². The normalized spacial score (nSPS) is 12.2. The van der Waals surface area contributed by atoms with Crippen LogP contribution < -0.4 is 0 Å². The van der Waals surface area contributed by atoms with Gasteiger partial charge in [0, 0.05) is 42.1 Å². The molecule has 0 bridgehead atoms. The third kappa shape index (κ3) is 6.69. The van der Waals surface area contributed by atoms with Crippen molar-refractivity contribution in [1.29, 1.82) is 5.41 Å². The van der Waals surface area contributed by atoms with Gasteiger partial charge in [-0.2, -0.15) is 0 Å². The zero-order valence-electron chi connectivity index (χ0n) is 34.6. The fourth-order valence-corrected chi connectivity index (χ4v) is 10.4. The highest BCUT2D eigenvalue weighted by Crippen LogP contribution is 2.42. The van der Waals surface area contributed by atoms with Crippen LogP contribution in [-0.4, -0.2) is 11.5 Å². The zero-order valence-corrected chi connectivity index (χ0v) is 35.4. The molecule has 1 N–H and O–H groups in total. The summed E-state index contributed by atoms with van der Waals surface area (Å²) in [6.07, 6.45) is 4.10. The van der Waals surface area contributed by atoms with Crippen molar-refractivity contribution < 1.29 is 4.42 Å². The molecular weight excluding hydrogens is 797 g/mol. The van der Waals surface area contributed by atoms with Crippen LogP contribution in [0.3, 0.4) is 0 Å². The van der Waals surface area contributed by atoms with Gasteiger partial charge < -0.3 is 4.42 Å². The van der Waals surface area contributed by atoms with Crippen LogP contribution in [0.2, 0.25) is 0 Å². The number of benzene rings is 10. The number of fused-ring (bicyclic) bond motifs is 8. The highest BCUT2D eigenvalue weighted by atomic mass is 32.1. The largest absolute Gasteiger partial charge is 0.456 e. The van der Waals surface area contributed by atoms with Gasteiger partial charge in [0.1, 0.15) is 11.2 Å². The van der Waals surface area contributed by atoms with E-state index in [1.807, 2.05) is 59.9 Å². The molecule has 0 spiro atoms. The Morgan fingerprint density at radius 3 is 2.03 bits per heavy atom. The number of allylic oxidation sites excluding steroid dienone is 1.